The van der Waals surface area contributed by atoms with Crippen LogP contribution < -0.4 is 9.47 Å². The normalized spacial score (nSPS) is 9.67. The third-order valence-electron chi connectivity index (χ3n) is 11.3. The lowest BCUT2D eigenvalue weighted by molar-refractivity contribution is 0.295. The molecule has 0 amide bonds. The predicted octanol–water partition coefficient (Wildman–Crippen LogP) is 14.0. The van der Waals surface area contributed by atoms with E-state index in [0.717, 1.165) is 116 Å². The minimum Gasteiger partial charge on any atom is -0.492 e. The molecule has 7 aromatic carbocycles. The molecule has 0 saturated carbocycles. The first-order valence-corrected chi connectivity index (χ1v) is 24.6. The second-order valence-corrected chi connectivity index (χ2v) is 16.9. The van der Waals surface area contributed by atoms with Gasteiger partial charge in [-0.3, -0.25) is 0 Å². The lowest BCUT2D eigenvalue weighted by Crippen LogP contribution is -2.03. The first-order chi connectivity index (χ1) is 35.5. The van der Waals surface area contributed by atoms with E-state index in [1.807, 2.05) is 158 Å². The van der Waals surface area contributed by atoms with Crippen molar-refractivity contribution in [2.45, 2.75) is 65.2 Å². The van der Waals surface area contributed by atoms with Crippen LogP contribution in [0.3, 0.4) is 0 Å². The van der Waals surface area contributed by atoms with E-state index in [4.69, 9.17) is 22.3 Å². The molecule has 0 radical (unpaired) electrons. The van der Waals surface area contributed by atoms with Crippen LogP contribution in [-0.4, -0.2) is 13.2 Å². The Morgan fingerprint density at radius 1 is 0.278 bits per heavy atom. The Labute approximate surface area is 428 Å². The number of hydrogen-bond donors (Lipinski definition) is 0. The Morgan fingerprint density at radius 3 is 0.694 bits per heavy atom. The van der Waals surface area contributed by atoms with Crippen molar-refractivity contribution in [1.29, 1.82) is 0 Å². The SMILES string of the molecule is C#Cc1ccc(C#Cc2ccc(C#Cc3ccc(C#Cc4cc(OCCCCCC)c(C#Cc5ccc(C#Cc6ccc(C#Cc7ccc(C#C)cc7)cc6)cc5)cc4OCCCCCC)cc3)cc2)cc1. The van der Waals surface area contributed by atoms with Crippen LogP contribution in [0.4, 0.5) is 0 Å². The molecule has 7 rings (SSSR count). The molecular weight excluding hydrogens is 873 g/mol. The third kappa shape index (κ3) is 16.4. The Kier molecular flexibility index (Phi) is 19.3. The molecule has 0 aliphatic rings. The van der Waals surface area contributed by atoms with Crippen molar-refractivity contribution in [3.63, 3.8) is 0 Å². The van der Waals surface area contributed by atoms with Gasteiger partial charge in [0.15, 0.2) is 0 Å². The zero-order chi connectivity index (χ0) is 50.0. The van der Waals surface area contributed by atoms with Crippen molar-refractivity contribution in [3.05, 3.63) is 236 Å². The number of hydrogen-bond acceptors (Lipinski definition) is 2. The van der Waals surface area contributed by atoms with Crippen LogP contribution in [0.15, 0.2) is 158 Å². The van der Waals surface area contributed by atoms with Gasteiger partial charge in [-0.25, -0.2) is 0 Å². The second-order valence-electron chi connectivity index (χ2n) is 16.9. The van der Waals surface area contributed by atoms with Gasteiger partial charge in [0.1, 0.15) is 11.5 Å². The summed E-state index contributed by atoms with van der Waals surface area (Å²) < 4.78 is 12.9. The summed E-state index contributed by atoms with van der Waals surface area (Å²) in [5, 5.41) is 0. The highest BCUT2D eigenvalue weighted by Gasteiger charge is 2.11. The highest BCUT2D eigenvalue weighted by atomic mass is 16.5. The number of unbranched alkanes of at least 4 members (excludes halogenated alkanes) is 6. The highest BCUT2D eigenvalue weighted by Crippen LogP contribution is 2.29. The number of benzene rings is 7. The summed E-state index contributed by atoms with van der Waals surface area (Å²) in [5.41, 5.74) is 12.2. The van der Waals surface area contributed by atoms with E-state index in [1.54, 1.807) is 0 Å². The van der Waals surface area contributed by atoms with Crippen molar-refractivity contribution >= 4 is 0 Å². The van der Waals surface area contributed by atoms with Gasteiger partial charge in [0.2, 0.25) is 0 Å². The molecule has 0 bridgehead atoms. The molecule has 0 atom stereocenters. The zero-order valence-corrected chi connectivity index (χ0v) is 41.1. The summed E-state index contributed by atoms with van der Waals surface area (Å²) >= 11 is 0. The molecule has 0 aliphatic heterocycles. The van der Waals surface area contributed by atoms with E-state index >= 15 is 0 Å². The van der Waals surface area contributed by atoms with E-state index in [-0.39, 0.29) is 0 Å². The summed E-state index contributed by atoms with van der Waals surface area (Å²) in [6.45, 7) is 5.60. The fraction of sp³-hybridized carbons (Fsp3) is 0.171. The molecule has 0 N–H and O–H groups in total. The van der Waals surface area contributed by atoms with Crippen LogP contribution in [0.1, 0.15) is 143 Å². The van der Waals surface area contributed by atoms with Crippen LogP contribution in [0.2, 0.25) is 0 Å². The fourth-order valence-electron chi connectivity index (χ4n) is 7.12. The minimum atomic E-state index is 0.591. The van der Waals surface area contributed by atoms with Crippen molar-refractivity contribution in [2.24, 2.45) is 0 Å². The Hall–Kier alpha value is -9.38. The predicted molar refractivity (Wildman–Crippen MR) is 296 cm³/mol. The molecular formula is C70H54O2. The van der Waals surface area contributed by atoms with Crippen LogP contribution in [-0.2, 0) is 0 Å². The molecule has 0 aromatic heterocycles. The fourth-order valence-corrected chi connectivity index (χ4v) is 7.12. The van der Waals surface area contributed by atoms with Gasteiger partial charge in [0, 0.05) is 78.9 Å². The summed E-state index contributed by atoms with van der Waals surface area (Å²) in [6.07, 6.45) is 19.7. The lowest BCUT2D eigenvalue weighted by Gasteiger charge is -2.14. The summed E-state index contributed by atoms with van der Waals surface area (Å²) in [7, 11) is 0. The van der Waals surface area contributed by atoms with Crippen molar-refractivity contribution in [1.82, 2.24) is 0 Å². The molecule has 346 valence electrons. The zero-order valence-electron chi connectivity index (χ0n) is 41.1. The lowest BCUT2D eigenvalue weighted by atomic mass is 10.1. The highest BCUT2D eigenvalue weighted by molar-refractivity contribution is 5.61. The van der Waals surface area contributed by atoms with Gasteiger partial charge in [-0.2, -0.15) is 0 Å². The van der Waals surface area contributed by atoms with Crippen molar-refractivity contribution in [3.8, 4) is 107 Å². The van der Waals surface area contributed by atoms with Gasteiger partial charge in [-0.1, -0.05) is 135 Å². The maximum Gasteiger partial charge on any atom is 0.136 e. The molecule has 7 aromatic rings. The number of ether oxygens (including phenoxy) is 2. The quantitative estimate of drug-likeness (QED) is 0.0898. The number of rotatable bonds is 12. The molecule has 2 nitrogen and oxygen atoms in total. The van der Waals surface area contributed by atoms with E-state index in [1.165, 1.54) is 12.8 Å². The van der Waals surface area contributed by atoms with Crippen molar-refractivity contribution in [2.75, 3.05) is 13.2 Å². The van der Waals surface area contributed by atoms with Crippen LogP contribution in [0.25, 0.3) is 0 Å². The first kappa shape index (κ1) is 50.5. The maximum atomic E-state index is 6.46. The van der Waals surface area contributed by atoms with Gasteiger partial charge < -0.3 is 9.47 Å². The topological polar surface area (TPSA) is 18.5 Å². The van der Waals surface area contributed by atoms with Gasteiger partial charge in [0.05, 0.1) is 24.3 Å². The first-order valence-electron chi connectivity index (χ1n) is 24.6. The molecule has 2 heteroatoms. The molecule has 0 heterocycles. The smallest absolute Gasteiger partial charge is 0.136 e. The molecule has 72 heavy (non-hydrogen) atoms. The molecule has 0 aliphatic carbocycles. The van der Waals surface area contributed by atoms with Gasteiger partial charge in [-0.15, -0.1) is 12.8 Å². The molecule has 0 saturated heterocycles. The van der Waals surface area contributed by atoms with Crippen LogP contribution >= 0.6 is 0 Å². The van der Waals surface area contributed by atoms with Gasteiger partial charge in [-0.05, 0) is 158 Å². The van der Waals surface area contributed by atoms with E-state index in [2.05, 4.69) is 96.7 Å². The summed E-state index contributed by atoms with van der Waals surface area (Å²) in [4.78, 5) is 0. The molecule has 0 spiro atoms. The summed E-state index contributed by atoms with van der Waals surface area (Å²) in [5.74, 6) is 46.1. The van der Waals surface area contributed by atoms with Crippen LogP contribution in [0, 0.1) is 95.7 Å². The standard InChI is InChI=1S/C70H54O2/c1-5-9-11-13-51-71-69-53-68(50-48-66-45-41-64(42-46-66)38-36-62-33-29-60(30-34-62)26-24-58-21-17-56(8-4)18-22-58)70(72-52-14-12-10-6-2)54-67(69)49-47-65-43-39-63(40-44-65)37-35-61-31-27-59(28-32-61)25-23-57-19-15-55(7-3)16-20-57/h3-4,15-22,27-34,39-46,53-54H,5-6,9-14,51-52H2,1-2H3. The molecule has 0 fully saturated rings. The van der Waals surface area contributed by atoms with E-state index in [9.17, 15) is 0 Å². The second kappa shape index (κ2) is 27.6. The van der Waals surface area contributed by atoms with E-state index in [0.29, 0.717) is 24.7 Å². The average Bonchev–Trinajstić information content (AvgIpc) is 3.43. The summed E-state index contributed by atoms with van der Waals surface area (Å²) in [6, 6.07) is 51.1. The largest absolute Gasteiger partial charge is 0.492 e. The Balaban J connectivity index is 1.05. The Morgan fingerprint density at radius 2 is 0.486 bits per heavy atom. The maximum absolute atomic E-state index is 6.46. The van der Waals surface area contributed by atoms with Gasteiger partial charge in [0.25, 0.3) is 0 Å². The third-order valence-corrected chi connectivity index (χ3v) is 11.3. The van der Waals surface area contributed by atoms with Crippen molar-refractivity contribution < 1.29 is 9.47 Å². The molecule has 0 unspecified atom stereocenters. The van der Waals surface area contributed by atoms with E-state index < -0.39 is 0 Å². The Bertz CT molecular complexity index is 3180. The minimum absolute atomic E-state index is 0.591. The average molecular weight is 927 g/mol. The van der Waals surface area contributed by atoms with Crippen LogP contribution in [0.5, 0.6) is 11.5 Å². The number of terminal acetylenes is 2. The van der Waals surface area contributed by atoms with Gasteiger partial charge >= 0.3 is 0 Å². The monoisotopic (exact) mass is 926 g/mol.